The zero-order chi connectivity index (χ0) is 11.0. The minimum atomic E-state index is 0.694. The third kappa shape index (κ3) is 1.81. The van der Waals surface area contributed by atoms with E-state index < -0.39 is 0 Å². The van der Waals surface area contributed by atoms with Gasteiger partial charge in [-0.1, -0.05) is 0 Å². The van der Waals surface area contributed by atoms with Gasteiger partial charge in [-0.2, -0.15) is 0 Å². The smallest absolute Gasteiger partial charge is 0.120 e. The lowest BCUT2D eigenvalue weighted by atomic mass is 10.1. The molecule has 0 bridgehead atoms. The number of hydrogen-bond acceptors (Lipinski definition) is 3. The van der Waals surface area contributed by atoms with Gasteiger partial charge in [0.1, 0.15) is 5.75 Å². The third-order valence-electron chi connectivity index (χ3n) is 3.09. The molecule has 1 saturated heterocycles. The van der Waals surface area contributed by atoms with Crippen molar-refractivity contribution in [3.8, 4) is 5.75 Å². The second kappa shape index (κ2) is 4.07. The summed E-state index contributed by atoms with van der Waals surface area (Å²) >= 11 is 1.80. The molecule has 1 fully saturated rings. The third-order valence-corrected chi connectivity index (χ3v) is 4.17. The van der Waals surface area contributed by atoms with E-state index in [0.29, 0.717) is 5.92 Å². The number of benzene rings is 1. The van der Waals surface area contributed by atoms with Crippen LogP contribution in [0, 0.1) is 12.8 Å². The van der Waals surface area contributed by atoms with E-state index in [1.165, 1.54) is 15.6 Å². The van der Waals surface area contributed by atoms with Crippen LogP contribution in [-0.4, -0.2) is 19.7 Å². The van der Waals surface area contributed by atoms with Gasteiger partial charge >= 0.3 is 0 Å². The van der Waals surface area contributed by atoms with E-state index in [1.807, 2.05) is 0 Å². The van der Waals surface area contributed by atoms with Crippen LogP contribution in [0.4, 0.5) is 0 Å². The van der Waals surface area contributed by atoms with Gasteiger partial charge in [-0.05, 0) is 41.5 Å². The summed E-state index contributed by atoms with van der Waals surface area (Å²) in [5.74, 6) is 1.69. The number of fused-ring (bicyclic) bond motifs is 1. The summed E-state index contributed by atoms with van der Waals surface area (Å²) in [5, 5.41) is 6.78. The van der Waals surface area contributed by atoms with Gasteiger partial charge in [0, 0.05) is 23.7 Å². The molecule has 2 heterocycles. The molecule has 84 valence electrons. The molecule has 1 N–H and O–H groups in total. The van der Waals surface area contributed by atoms with E-state index in [1.54, 1.807) is 11.3 Å². The number of hydrogen-bond donors (Lipinski definition) is 1. The summed E-state index contributed by atoms with van der Waals surface area (Å²) < 4.78 is 7.15. The fourth-order valence-corrected chi connectivity index (χ4v) is 2.83. The predicted octanol–water partition coefficient (Wildman–Crippen LogP) is 2.81. The first-order chi connectivity index (χ1) is 7.83. The second-order valence-corrected chi connectivity index (χ2v) is 5.32. The average Bonchev–Trinajstić information content (AvgIpc) is 2.58. The van der Waals surface area contributed by atoms with Crippen molar-refractivity contribution in [2.24, 2.45) is 5.92 Å². The van der Waals surface area contributed by atoms with Gasteiger partial charge < -0.3 is 10.1 Å². The van der Waals surface area contributed by atoms with E-state index in [4.69, 9.17) is 4.74 Å². The van der Waals surface area contributed by atoms with E-state index in [0.717, 1.165) is 25.4 Å². The Labute approximate surface area is 99.2 Å². The van der Waals surface area contributed by atoms with Gasteiger partial charge in [-0.25, -0.2) is 0 Å². The zero-order valence-corrected chi connectivity index (χ0v) is 10.1. The summed E-state index contributed by atoms with van der Waals surface area (Å²) in [7, 11) is 0. The molecule has 2 aromatic rings. The van der Waals surface area contributed by atoms with Crippen molar-refractivity contribution in [1.82, 2.24) is 5.32 Å². The molecule has 0 unspecified atom stereocenters. The van der Waals surface area contributed by atoms with Crippen LogP contribution in [-0.2, 0) is 0 Å². The first-order valence-electron chi connectivity index (χ1n) is 5.64. The van der Waals surface area contributed by atoms with Crippen LogP contribution in [0.1, 0.15) is 5.56 Å². The predicted molar refractivity (Wildman–Crippen MR) is 68.4 cm³/mol. The van der Waals surface area contributed by atoms with Crippen molar-refractivity contribution in [2.75, 3.05) is 19.7 Å². The van der Waals surface area contributed by atoms with Crippen LogP contribution in [0.2, 0.25) is 0 Å². The highest BCUT2D eigenvalue weighted by Gasteiger charge is 2.17. The number of rotatable bonds is 3. The standard InChI is InChI=1S/C13H15NOS/c1-9-8-16-13-3-2-11(4-12(9)13)15-7-10-5-14-6-10/h2-4,8,10,14H,5-7H2,1H3. The van der Waals surface area contributed by atoms with Crippen LogP contribution in [0.15, 0.2) is 23.6 Å². The fraction of sp³-hybridized carbons (Fsp3) is 0.385. The maximum Gasteiger partial charge on any atom is 0.120 e. The van der Waals surface area contributed by atoms with Crippen molar-refractivity contribution in [3.63, 3.8) is 0 Å². The van der Waals surface area contributed by atoms with Crippen LogP contribution in [0.5, 0.6) is 5.75 Å². The molecule has 3 rings (SSSR count). The summed E-state index contributed by atoms with van der Waals surface area (Å²) in [6.45, 7) is 5.18. The molecule has 0 amide bonds. The Balaban J connectivity index is 1.78. The molecular weight excluding hydrogens is 218 g/mol. The average molecular weight is 233 g/mol. The molecule has 0 aliphatic carbocycles. The second-order valence-electron chi connectivity index (χ2n) is 4.41. The number of thiophene rings is 1. The highest BCUT2D eigenvalue weighted by molar-refractivity contribution is 7.17. The highest BCUT2D eigenvalue weighted by Crippen LogP contribution is 2.29. The zero-order valence-electron chi connectivity index (χ0n) is 9.32. The van der Waals surface area contributed by atoms with Gasteiger partial charge in [0.05, 0.1) is 6.61 Å². The normalized spacial score (nSPS) is 16.3. The molecule has 0 saturated carbocycles. The van der Waals surface area contributed by atoms with Gasteiger partial charge in [0.25, 0.3) is 0 Å². The van der Waals surface area contributed by atoms with Gasteiger partial charge in [-0.15, -0.1) is 11.3 Å². The molecule has 0 spiro atoms. The minimum absolute atomic E-state index is 0.694. The monoisotopic (exact) mass is 233 g/mol. The summed E-state index contributed by atoms with van der Waals surface area (Å²) in [6, 6.07) is 6.39. The molecule has 0 radical (unpaired) electrons. The summed E-state index contributed by atoms with van der Waals surface area (Å²) in [4.78, 5) is 0. The van der Waals surface area contributed by atoms with E-state index >= 15 is 0 Å². The van der Waals surface area contributed by atoms with Crippen LogP contribution < -0.4 is 10.1 Å². The van der Waals surface area contributed by atoms with Crippen LogP contribution >= 0.6 is 11.3 Å². The Bertz CT molecular complexity index is 502. The number of ether oxygens (including phenoxy) is 1. The molecule has 1 aromatic heterocycles. The molecule has 3 heteroatoms. The molecule has 1 aromatic carbocycles. The van der Waals surface area contributed by atoms with Gasteiger partial charge in [0.15, 0.2) is 0 Å². The van der Waals surface area contributed by atoms with Crippen LogP contribution in [0.3, 0.4) is 0 Å². The molecule has 0 atom stereocenters. The first kappa shape index (κ1) is 10.1. The summed E-state index contributed by atoms with van der Waals surface area (Å²) in [6.07, 6.45) is 0. The molecule has 1 aliphatic rings. The minimum Gasteiger partial charge on any atom is -0.493 e. The Morgan fingerprint density at radius 3 is 3.06 bits per heavy atom. The summed E-state index contributed by atoms with van der Waals surface area (Å²) in [5.41, 5.74) is 1.34. The lowest BCUT2D eigenvalue weighted by Crippen LogP contribution is -2.45. The van der Waals surface area contributed by atoms with E-state index in [2.05, 4.69) is 35.8 Å². The first-order valence-corrected chi connectivity index (χ1v) is 6.52. The van der Waals surface area contributed by atoms with Crippen molar-refractivity contribution in [1.29, 1.82) is 0 Å². The topological polar surface area (TPSA) is 21.3 Å². The molecule has 1 aliphatic heterocycles. The Hall–Kier alpha value is -1.06. The molecule has 2 nitrogen and oxygen atoms in total. The SMILES string of the molecule is Cc1csc2ccc(OCC3CNC3)cc12. The number of aryl methyl sites for hydroxylation is 1. The Kier molecular flexibility index (Phi) is 2.58. The maximum absolute atomic E-state index is 5.81. The van der Waals surface area contributed by atoms with E-state index in [9.17, 15) is 0 Å². The quantitative estimate of drug-likeness (QED) is 0.880. The lowest BCUT2D eigenvalue weighted by molar-refractivity contribution is 0.199. The van der Waals surface area contributed by atoms with Gasteiger partial charge in [-0.3, -0.25) is 0 Å². The van der Waals surface area contributed by atoms with Gasteiger partial charge in [0.2, 0.25) is 0 Å². The van der Waals surface area contributed by atoms with Crippen molar-refractivity contribution in [2.45, 2.75) is 6.92 Å². The highest BCUT2D eigenvalue weighted by atomic mass is 32.1. The van der Waals surface area contributed by atoms with E-state index in [-0.39, 0.29) is 0 Å². The Morgan fingerprint density at radius 2 is 2.31 bits per heavy atom. The van der Waals surface area contributed by atoms with Crippen molar-refractivity contribution in [3.05, 3.63) is 29.1 Å². The van der Waals surface area contributed by atoms with Crippen LogP contribution in [0.25, 0.3) is 10.1 Å². The number of nitrogens with one attached hydrogen (secondary N) is 1. The largest absolute Gasteiger partial charge is 0.493 e. The van der Waals surface area contributed by atoms with Crippen molar-refractivity contribution >= 4 is 21.4 Å². The lowest BCUT2D eigenvalue weighted by Gasteiger charge is -2.26. The Morgan fingerprint density at radius 1 is 1.44 bits per heavy atom. The maximum atomic E-state index is 5.81. The molecule has 16 heavy (non-hydrogen) atoms. The van der Waals surface area contributed by atoms with Crippen molar-refractivity contribution < 1.29 is 4.74 Å². The molecular formula is C13H15NOS. The fourth-order valence-electron chi connectivity index (χ4n) is 1.91.